The van der Waals surface area contributed by atoms with E-state index < -0.39 is 0 Å². The van der Waals surface area contributed by atoms with Gasteiger partial charge in [-0.15, -0.1) is 4.37 Å². The van der Waals surface area contributed by atoms with Crippen LogP contribution < -0.4 is 4.74 Å². The van der Waals surface area contributed by atoms with E-state index in [-0.39, 0.29) is 23.6 Å². The highest BCUT2D eigenvalue weighted by molar-refractivity contribution is 6.99. The topological polar surface area (TPSA) is 78.4 Å². The van der Waals surface area contributed by atoms with Crippen LogP contribution in [0.4, 0.5) is 0 Å². The van der Waals surface area contributed by atoms with Crippen LogP contribution in [0.1, 0.15) is 58.1 Å². The SMILES string of the molecule is CCCCCCOc1nsnc1C1=CCC[N+](C)(COC(=O)[C@H]2C[C@H]2C(C)=O)C1. The Morgan fingerprint density at radius 2 is 2.07 bits per heavy atom. The molecular weight excluding hydrogens is 390 g/mol. The van der Waals surface area contributed by atoms with E-state index in [1.807, 2.05) is 0 Å². The Labute approximate surface area is 177 Å². The molecule has 0 bridgehead atoms. The van der Waals surface area contributed by atoms with Gasteiger partial charge in [-0.1, -0.05) is 32.3 Å². The predicted molar refractivity (Wildman–Crippen MR) is 111 cm³/mol. The number of ether oxygens (including phenoxy) is 2. The first-order valence-electron chi connectivity index (χ1n) is 10.6. The third-order valence-electron chi connectivity index (χ3n) is 5.74. The Kier molecular flexibility index (Phi) is 7.40. The molecule has 1 aromatic heterocycles. The molecule has 0 spiro atoms. The lowest BCUT2D eigenvalue weighted by Crippen LogP contribution is -2.49. The van der Waals surface area contributed by atoms with Gasteiger partial charge in [0, 0.05) is 17.9 Å². The van der Waals surface area contributed by atoms with Crippen molar-refractivity contribution in [2.45, 2.75) is 52.4 Å². The number of Topliss-reactive ketones (excluding diaryl/α,β-unsaturated/α-hetero) is 1. The lowest BCUT2D eigenvalue weighted by atomic mass is 10.1. The van der Waals surface area contributed by atoms with E-state index in [1.165, 1.54) is 24.6 Å². The summed E-state index contributed by atoms with van der Waals surface area (Å²) >= 11 is 1.17. The maximum atomic E-state index is 12.2. The minimum atomic E-state index is -0.243. The van der Waals surface area contributed by atoms with Crippen LogP contribution >= 0.6 is 11.7 Å². The van der Waals surface area contributed by atoms with Crippen molar-refractivity contribution in [1.29, 1.82) is 0 Å². The predicted octanol–water partition coefficient (Wildman–Crippen LogP) is 3.46. The van der Waals surface area contributed by atoms with Crippen LogP contribution in [0.25, 0.3) is 5.57 Å². The Balaban J connectivity index is 1.52. The van der Waals surface area contributed by atoms with Crippen molar-refractivity contribution in [2.75, 3.05) is 33.5 Å². The molecule has 7 nitrogen and oxygen atoms in total. The molecule has 2 aliphatic rings. The third-order valence-corrected chi connectivity index (χ3v) is 6.26. The highest BCUT2D eigenvalue weighted by Crippen LogP contribution is 2.40. The van der Waals surface area contributed by atoms with E-state index in [2.05, 4.69) is 28.8 Å². The number of carbonyl (C=O) groups excluding carboxylic acids is 2. The normalized spacial score (nSPS) is 26.0. The van der Waals surface area contributed by atoms with Crippen LogP contribution in [0.2, 0.25) is 0 Å². The standard InChI is InChI=1S/C21H32N3O4S/c1-4-5-6-7-11-27-20-19(22-29-23-20)16-9-8-10-24(3,13-16)14-28-21(26)18-12-17(18)15(2)25/h9,17-18H,4-8,10-14H2,1-3H3/q+1/t17-,18-,24?/m0/s1. The molecule has 0 aromatic carbocycles. The molecule has 0 radical (unpaired) electrons. The molecule has 160 valence electrons. The molecule has 1 saturated carbocycles. The summed E-state index contributed by atoms with van der Waals surface area (Å²) in [5.74, 6) is 0.0726. The number of aromatic nitrogens is 2. The van der Waals surface area contributed by atoms with Gasteiger partial charge in [0.1, 0.15) is 18.0 Å². The summed E-state index contributed by atoms with van der Waals surface area (Å²) in [6.45, 7) is 6.31. The number of hydrogen-bond acceptors (Lipinski definition) is 7. The zero-order chi connectivity index (χ0) is 20.9. The second kappa shape index (κ2) is 9.80. The van der Waals surface area contributed by atoms with Gasteiger partial charge < -0.3 is 9.47 Å². The fraction of sp³-hybridized carbons (Fsp3) is 0.714. The van der Waals surface area contributed by atoms with E-state index in [9.17, 15) is 9.59 Å². The van der Waals surface area contributed by atoms with Gasteiger partial charge in [0.05, 0.1) is 37.8 Å². The molecule has 1 unspecified atom stereocenters. The van der Waals surface area contributed by atoms with Crippen LogP contribution in [0, 0.1) is 11.8 Å². The summed E-state index contributed by atoms with van der Waals surface area (Å²) in [5.41, 5.74) is 1.92. The second-order valence-electron chi connectivity index (χ2n) is 8.50. The van der Waals surface area contributed by atoms with E-state index in [0.717, 1.165) is 37.1 Å². The molecule has 1 aromatic rings. The van der Waals surface area contributed by atoms with Gasteiger partial charge in [-0.2, -0.15) is 4.37 Å². The summed E-state index contributed by atoms with van der Waals surface area (Å²) in [7, 11) is 2.08. The molecule has 3 atom stereocenters. The number of carbonyl (C=O) groups is 2. The average Bonchev–Trinajstić information content (AvgIpc) is 3.38. The highest BCUT2D eigenvalue weighted by atomic mass is 32.1. The summed E-state index contributed by atoms with van der Waals surface area (Å²) < 4.78 is 20.9. The maximum Gasteiger partial charge on any atom is 0.313 e. The molecule has 29 heavy (non-hydrogen) atoms. The summed E-state index contributed by atoms with van der Waals surface area (Å²) in [6.07, 6.45) is 8.32. The molecule has 8 heteroatoms. The summed E-state index contributed by atoms with van der Waals surface area (Å²) in [6, 6.07) is 0. The van der Waals surface area contributed by atoms with Gasteiger partial charge in [-0.05, 0) is 19.8 Å². The molecule has 1 aliphatic heterocycles. The first-order valence-corrected chi connectivity index (χ1v) is 11.3. The van der Waals surface area contributed by atoms with Crippen molar-refractivity contribution in [3.63, 3.8) is 0 Å². The van der Waals surface area contributed by atoms with Gasteiger partial charge in [0.25, 0.3) is 5.88 Å². The van der Waals surface area contributed by atoms with E-state index in [4.69, 9.17) is 9.47 Å². The Morgan fingerprint density at radius 1 is 1.24 bits per heavy atom. The molecule has 3 rings (SSSR count). The van der Waals surface area contributed by atoms with E-state index in [1.54, 1.807) is 6.92 Å². The largest absolute Gasteiger partial charge is 0.475 e. The van der Waals surface area contributed by atoms with Gasteiger partial charge in [0.2, 0.25) is 6.73 Å². The Morgan fingerprint density at radius 3 is 2.79 bits per heavy atom. The molecule has 0 N–H and O–H groups in total. The van der Waals surface area contributed by atoms with Crippen LogP contribution in [-0.2, 0) is 14.3 Å². The molecule has 0 saturated heterocycles. The van der Waals surface area contributed by atoms with Gasteiger partial charge in [-0.25, -0.2) is 0 Å². The number of hydrogen-bond donors (Lipinski definition) is 0. The second-order valence-corrected chi connectivity index (χ2v) is 9.03. The Bertz CT molecular complexity index is 763. The van der Waals surface area contributed by atoms with Crippen LogP contribution in [-0.4, -0.2) is 58.5 Å². The quantitative estimate of drug-likeness (QED) is 0.309. The van der Waals surface area contributed by atoms with Crippen molar-refractivity contribution >= 4 is 29.1 Å². The van der Waals surface area contributed by atoms with Crippen LogP contribution in [0.3, 0.4) is 0 Å². The Hall–Kier alpha value is -1.80. The zero-order valence-electron chi connectivity index (χ0n) is 17.7. The lowest BCUT2D eigenvalue weighted by molar-refractivity contribution is -0.919. The first-order chi connectivity index (χ1) is 13.9. The van der Waals surface area contributed by atoms with Crippen molar-refractivity contribution in [2.24, 2.45) is 11.8 Å². The first kappa shape index (κ1) is 21.9. The number of likely N-dealkylation sites (N-methyl/N-ethyl adjacent to an activating group) is 1. The maximum absolute atomic E-state index is 12.2. The molecule has 1 aliphatic carbocycles. The number of rotatable bonds is 11. The molecule has 0 amide bonds. The van der Waals surface area contributed by atoms with Gasteiger partial charge in [0.15, 0.2) is 0 Å². The summed E-state index contributed by atoms with van der Waals surface area (Å²) in [5, 5.41) is 0. The minimum absolute atomic E-state index is 0.0776. The highest BCUT2D eigenvalue weighted by Gasteiger charge is 2.48. The lowest BCUT2D eigenvalue weighted by Gasteiger charge is -2.36. The fourth-order valence-corrected chi connectivity index (χ4v) is 4.32. The van der Waals surface area contributed by atoms with Gasteiger partial charge in [-0.3, -0.25) is 14.1 Å². The average molecular weight is 423 g/mol. The number of esters is 1. The smallest absolute Gasteiger partial charge is 0.313 e. The molecular formula is C21H32N3O4S+. The number of quaternary nitrogens is 1. The minimum Gasteiger partial charge on any atom is -0.475 e. The number of nitrogens with zero attached hydrogens (tertiary/aromatic N) is 3. The molecule has 2 heterocycles. The molecule has 1 fully saturated rings. The van der Waals surface area contributed by atoms with Crippen molar-refractivity contribution in [3.8, 4) is 5.88 Å². The zero-order valence-corrected chi connectivity index (χ0v) is 18.5. The van der Waals surface area contributed by atoms with Crippen LogP contribution in [0.5, 0.6) is 5.88 Å². The number of ketones is 1. The van der Waals surface area contributed by atoms with E-state index >= 15 is 0 Å². The van der Waals surface area contributed by atoms with Crippen LogP contribution in [0.15, 0.2) is 6.08 Å². The van der Waals surface area contributed by atoms with Crippen molar-refractivity contribution < 1.29 is 23.5 Å². The fourth-order valence-electron chi connectivity index (χ4n) is 3.79. The number of unbranched alkanes of at least 4 members (excludes halogenated alkanes) is 3. The third kappa shape index (κ3) is 5.85. The van der Waals surface area contributed by atoms with E-state index in [0.29, 0.717) is 36.7 Å². The monoisotopic (exact) mass is 422 g/mol. The van der Waals surface area contributed by atoms with Crippen molar-refractivity contribution in [3.05, 3.63) is 11.8 Å². The van der Waals surface area contributed by atoms with Gasteiger partial charge >= 0.3 is 5.97 Å². The summed E-state index contributed by atoms with van der Waals surface area (Å²) in [4.78, 5) is 23.6. The van der Waals surface area contributed by atoms with Crippen molar-refractivity contribution in [1.82, 2.24) is 8.75 Å².